The van der Waals surface area contributed by atoms with Gasteiger partial charge in [-0.3, -0.25) is 4.79 Å². The van der Waals surface area contributed by atoms with Gasteiger partial charge in [0, 0.05) is 50.0 Å². The summed E-state index contributed by atoms with van der Waals surface area (Å²) >= 11 is 6.00. The van der Waals surface area contributed by atoms with E-state index in [0.29, 0.717) is 36.6 Å². The van der Waals surface area contributed by atoms with Gasteiger partial charge in [0.05, 0.1) is 11.7 Å². The highest BCUT2D eigenvalue weighted by Gasteiger charge is 2.35. The summed E-state index contributed by atoms with van der Waals surface area (Å²) in [6, 6.07) is 17.1. The summed E-state index contributed by atoms with van der Waals surface area (Å²) in [6.07, 6.45) is 1.44. The number of rotatable bonds is 5. The Balaban J connectivity index is 1.35. The molecule has 0 saturated carbocycles. The van der Waals surface area contributed by atoms with Gasteiger partial charge < -0.3 is 9.80 Å². The molecule has 1 unspecified atom stereocenters. The van der Waals surface area contributed by atoms with E-state index in [-0.39, 0.29) is 24.1 Å². The number of hydrogen-bond donors (Lipinski definition) is 0. The van der Waals surface area contributed by atoms with Gasteiger partial charge in [0.15, 0.2) is 0 Å². The van der Waals surface area contributed by atoms with Crippen LogP contribution in [0.4, 0.5) is 5.69 Å². The molecule has 166 valence electrons. The van der Waals surface area contributed by atoms with Crippen molar-refractivity contribution in [2.45, 2.75) is 18.6 Å². The van der Waals surface area contributed by atoms with Crippen LogP contribution in [0.1, 0.15) is 18.4 Å². The summed E-state index contributed by atoms with van der Waals surface area (Å²) < 4.78 is 27.4. The van der Waals surface area contributed by atoms with Crippen LogP contribution in [0.2, 0.25) is 5.02 Å². The van der Waals surface area contributed by atoms with Crippen molar-refractivity contribution in [3.8, 4) is 0 Å². The summed E-state index contributed by atoms with van der Waals surface area (Å²) in [5.74, 6) is -0.286. The van der Waals surface area contributed by atoms with E-state index in [1.807, 2.05) is 23.1 Å². The number of amides is 1. The normalized spacial score (nSPS) is 20.6. The van der Waals surface area contributed by atoms with Crippen molar-refractivity contribution in [3.63, 3.8) is 0 Å². The fraction of sp³-hybridized carbons (Fsp3) is 0.435. The molecule has 0 bridgehead atoms. The summed E-state index contributed by atoms with van der Waals surface area (Å²) in [5, 5.41) is 0.522. The van der Waals surface area contributed by atoms with Gasteiger partial charge in [0.2, 0.25) is 15.9 Å². The third-order valence-corrected chi connectivity index (χ3v) is 8.13. The molecule has 2 fully saturated rings. The van der Waals surface area contributed by atoms with Crippen molar-refractivity contribution >= 4 is 33.2 Å². The van der Waals surface area contributed by atoms with Crippen molar-refractivity contribution in [2.24, 2.45) is 5.92 Å². The Morgan fingerprint density at radius 1 is 0.968 bits per heavy atom. The Morgan fingerprint density at radius 2 is 1.71 bits per heavy atom. The molecule has 0 aliphatic carbocycles. The van der Waals surface area contributed by atoms with E-state index in [1.54, 1.807) is 24.3 Å². The average Bonchev–Trinajstić information content (AvgIpc) is 2.79. The Labute approximate surface area is 189 Å². The predicted octanol–water partition coefficient (Wildman–Crippen LogP) is 3.23. The maximum Gasteiger partial charge on any atom is 0.227 e. The molecule has 1 amide bonds. The predicted molar refractivity (Wildman–Crippen MR) is 124 cm³/mol. The Hall–Kier alpha value is -2.09. The number of piperazine rings is 1. The third kappa shape index (κ3) is 5.40. The van der Waals surface area contributed by atoms with E-state index < -0.39 is 10.0 Å². The number of nitrogens with zero attached hydrogens (tertiary/aromatic N) is 3. The number of benzene rings is 2. The molecule has 31 heavy (non-hydrogen) atoms. The zero-order chi connectivity index (χ0) is 21.8. The first kappa shape index (κ1) is 22.1. The van der Waals surface area contributed by atoms with Crippen molar-refractivity contribution in [1.29, 1.82) is 0 Å². The molecule has 8 heteroatoms. The van der Waals surface area contributed by atoms with Gasteiger partial charge in [-0.2, -0.15) is 0 Å². The first-order valence-corrected chi connectivity index (χ1v) is 12.7. The van der Waals surface area contributed by atoms with E-state index in [2.05, 4.69) is 17.0 Å². The zero-order valence-corrected chi connectivity index (χ0v) is 19.1. The lowest BCUT2D eigenvalue weighted by atomic mass is 9.97. The molecule has 0 aromatic heterocycles. The quantitative estimate of drug-likeness (QED) is 0.685. The number of halogens is 1. The van der Waals surface area contributed by atoms with Crippen molar-refractivity contribution in [3.05, 3.63) is 65.2 Å². The Kier molecular flexibility index (Phi) is 6.84. The zero-order valence-electron chi connectivity index (χ0n) is 17.5. The fourth-order valence-corrected chi connectivity index (χ4v) is 6.22. The van der Waals surface area contributed by atoms with Gasteiger partial charge in [-0.25, -0.2) is 12.7 Å². The molecule has 0 spiro atoms. The molecule has 4 rings (SSSR count). The summed E-state index contributed by atoms with van der Waals surface area (Å²) in [4.78, 5) is 17.3. The molecule has 2 aliphatic rings. The highest BCUT2D eigenvalue weighted by Crippen LogP contribution is 2.25. The van der Waals surface area contributed by atoms with E-state index >= 15 is 0 Å². The van der Waals surface area contributed by atoms with Crippen LogP contribution in [0.25, 0.3) is 0 Å². The van der Waals surface area contributed by atoms with Crippen LogP contribution in [-0.2, 0) is 20.6 Å². The number of carbonyl (C=O) groups is 1. The molecule has 1 atom stereocenters. The van der Waals surface area contributed by atoms with Crippen molar-refractivity contribution < 1.29 is 13.2 Å². The Morgan fingerprint density at radius 3 is 2.42 bits per heavy atom. The maximum atomic E-state index is 13.1. The number of sulfonamides is 1. The summed E-state index contributed by atoms with van der Waals surface area (Å²) in [7, 11) is -3.50. The van der Waals surface area contributed by atoms with Gasteiger partial charge in [-0.15, -0.1) is 0 Å². The molecule has 2 aromatic carbocycles. The minimum Gasteiger partial charge on any atom is -0.368 e. The van der Waals surface area contributed by atoms with Crippen LogP contribution in [-0.4, -0.2) is 62.8 Å². The topological polar surface area (TPSA) is 60.9 Å². The molecule has 2 heterocycles. The second-order valence-electron chi connectivity index (χ2n) is 8.23. The molecule has 0 N–H and O–H groups in total. The van der Waals surface area contributed by atoms with E-state index in [1.165, 1.54) is 9.99 Å². The summed E-state index contributed by atoms with van der Waals surface area (Å²) in [6.45, 7) is 3.65. The molecule has 0 radical (unpaired) electrons. The number of hydrogen-bond acceptors (Lipinski definition) is 4. The number of anilines is 1. The lowest BCUT2D eigenvalue weighted by Crippen LogP contribution is -2.53. The molecule has 2 aliphatic heterocycles. The van der Waals surface area contributed by atoms with Crippen molar-refractivity contribution in [1.82, 2.24) is 9.21 Å². The first-order chi connectivity index (χ1) is 14.9. The minimum absolute atomic E-state index is 0.0790. The van der Waals surface area contributed by atoms with Gasteiger partial charge in [-0.05, 0) is 42.7 Å². The third-order valence-electron chi connectivity index (χ3n) is 6.08. The first-order valence-electron chi connectivity index (χ1n) is 10.7. The standard InChI is InChI=1S/C23H28ClN3O3S/c24-21-8-4-6-19(16-21)18-31(29,30)27-11-5-7-20(17-27)23(28)26-14-12-25(13-15-26)22-9-2-1-3-10-22/h1-4,6,8-10,16,20H,5,7,11-15,17-18H2. The van der Waals surface area contributed by atoms with E-state index in [0.717, 1.165) is 19.5 Å². The van der Waals surface area contributed by atoms with Crippen LogP contribution < -0.4 is 4.90 Å². The summed E-state index contributed by atoms with van der Waals surface area (Å²) in [5.41, 5.74) is 1.84. The molecule has 2 aromatic rings. The maximum absolute atomic E-state index is 13.1. The van der Waals surface area contributed by atoms with E-state index in [4.69, 9.17) is 11.6 Å². The number of para-hydroxylation sites is 1. The second-order valence-corrected chi connectivity index (χ2v) is 10.6. The SMILES string of the molecule is O=C(C1CCCN(S(=O)(=O)Cc2cccc(Cl)c2)C1)N1CCN(c2ccccc2)CC1. The van der Waals surface area contributed by atoms with Crippen LogP contribution in [0.3, 0.4) is 0 Å². The lowest BCUT2D eigenvalue weighted by Gasteiger charge is -2.39. The van der Waals surface area contributed by atoms with E-state index in [9.17, 15) is 13.2 Å². The largest absolute Gasteiger partial charge is 0.368 e. The van der Waals surface area contributed by atoms with Crippen LogP contribution in [0, 0.1) is 5.92 Å². The highest BCUT2D eigenvalue weighted by molar-refractivity contribution is 7.88. The van der Waals surface area contributed by atoms with Gasteiger partial charge in [0.1, 0.15) is 0 Å². The fourth-order valence-electron chi connectivity index (χ4n) is 4.41. The molecule has 6 nitrogen and oxygen atoms in total. The van der Waals surface area contributed by atoms with Crippen LogP contribution in [0.5, 0.6) is 0 Å². The van der Waals surface area contributed by atoms with Crippen LogP contribution in [0.15, 0.2) is 54.6 Å². The minimum atomic E-state index is -3.50. The van der Waals surface area contributed by atoms with Gasteiger partial charge in [0.25, 0.3) is 0 Å². The second kappa shape index (κ2) is 9.59. The number of carbonyl (C=O) groups excluding carboxylic acids is 1. The smallest absolute Gasteiger partial charge is 0.227 e. The van der Waals surface area contributed by atoms with Gasteiger partial charge in [-0.1, -0.05) is 41.9 Å². The van der Waals surface area contributed by atoms with Crippen LogP contribution >= 0.6 is 11.6 Å². The Bertz CT molecular complexity index is 1010. The van der Waals surface area contributed by atoms with Crippen molar-refractivity contribution in [2.75, 3.05) is 44.2 Å². The molecular formula is C23H28ClN3O3S. The molecule has 2 saturated heterocycles. The molecular weight excluding hydrogens is 434 g/mol. The average molecular weight is 462 g/mol. The lowest BCUT2D eigenvalue weighted by molar-refractivity contribution is -0.137. The monoisotopic (exact) mass is 461 g/mol. The number of piperidine rings is 1. The van der Waals surface area contributed by atoms with Gasteiger partial charge >= 0.3 is 0 Å². The highest BCUT2D eigenvalue weighted by atomic mass is 35.5.